The van der Waals surface area contributed by atoms with Crippen LogP contribution in [0.2, 0.25) is 0 Å². The third-order valence-corrected chi connectivity index (χ3v) is 0. The van der Waals surface area contributed by atoms with Crippen LogP contribution in [0.1, 0.15) is 0 Å². The molecule has 0 aliphatic heterocycles. The molecular weight excluding hydrogens is 249 g/mol. The molecule has 53 valence electrons. The first-order valence-corrected chi connectivity index (χ1v) is 7.12. The van der Waals surface area contributed by atoms with Gasteiger partial charge in [0.25, 0.3) is 0 Å². The minimum absolute atomic E-state index is 0. The molecule has 0 unspecified atom stereocenters. The fourth-order valence-corrected chi connectivity index (χ4v) is 0. The first-order valence-electron chi connectivity index (χ1n) is 0.401. The summed E-state index contributed by atoms with van der Waals surface area (Å²) in [6.45, 7) is 0. The van der Waals surface area contributed by atoms with Crippen molar-refractivity contribution in [2.24, 2.45) is 0 Å². The zero-order valence-electron chi connectivity index (χ0n) is 3.61. The van der Waals surface area contributed by atoms with Crippen LogP contribution in [-0.2, 0) is 13.0 Å². The van der Waals surface area contributed by atoms with E-state index in [9.17, 15) is 0 Å². The van der Waals surface area contributed by atoms with E-state index < -0.39 is 13.0 Å². The third kappa shape index (κ3) is 113. The molecule has 0 rings (SSSR count). The van der Waals surface area contributed by atoms with Gasteiger partial charge in [0, 0.05) is 0 Å². The monoisotopic (exact) mass is 258 g/mol. The molecule has 0 aromatic carbocycles. The second-order valence-corrected chi connectivity index (χ2v) is 8.07. The average molecular weight is 259 g/mol. The van der Waals surface area contributed by atoms with Gasteiger partial charge in [0.05, 0.1) is 0 Å². The number of halogens is 3. The van der Waals surface area contributed by atoms with E-state index >= 15 is 0 Å². The summed E-state index contributed by atoms with van der Waals surface area (Å²) in [4.78, 5) is 0. The van der Waals surface area contributed by atoms with Crippen LogP contribution in [0.4, 0.5) is 0 Å². The molecule has 0 spiro atoms. The van der Waals surface area contributed by atoms with Crippen LogP contribution in [0, 0.1) is 0 Å². The molecule has 0 radical (unpaired) electrons. The van der Waals surface area contributed by atoms with Crippen molar-refractivity contribution in [1.29, 1.82) is 0 Å². The van der Waals surface area contributed by atoms with Gasteiger partial charge in [-0.1, -0.05) is 0 Å². The Morgan fingerprint density at radius 3 is 0.714 bits per heavy atom. The van der Waals surface area contributed by atoms with Crippen LogP contribution < -0.4 is 18.5 Å². The molecule has 0 amide bonds. The van der Waals surface area contributed by atoms with E-state index in [1.165, 1.54) is 0 Å². The summed E-state index contributed by atoms with van der Waals surface area (Å²) in [5.74, 6) is 0. The zero-order valence-corrected chi connectivity index (χ0v) is 7.61. The molecule has 0 bridgehead atoms. The van der Waals surface area contributed by atoms with Gasteiger partial charge in [-0.25, -0.2) is 0 Å². The van der Waals surface area contributed by atoms with Gasteiger partial charge in [-0.15, -0.1) is 0 Å². The van der Waals surface area contributed by atoms with Gasteiger partial charge in [-0.3, -0.25) is 0 Å². The van der Waals surface area contributed by atoms with Crippen LogP contribution in [-0.4, -0.2) is 0 Å². The Balaban J connectivity index is -0.0000000150. The predicted molar refractivity (Wildman–Crippen MR) is 32.6 cm³/mol. The molecule has 0 saturated heterocycles. The first kappa shape index (κ1) is 23.8. The van der Waals surface area contributed by atoms with E-state index in [0.717, 1.165) is 0 Å². The van der Waals surface area contributed by atoms with Crippen molar-refractivity contribution in [2.75, 3.05) is 0 Å². The summed E-state index contributed by atoms with van der Waals surface area (Å²) in [5.41, 5.74) is 0. The molecule has 7 heavy (non-hydrogen) atoms. The van der Waals surface area contributed by atoms with Gasteiger partial charge in [0.2, 0.25) is 0 Å². The fraction of sp³-hybridized carbons (Fsp3) is 0. The van der Waals surface area contributed by atoms with E-state index in [1.54, 1.807) is 0 Å². The molecule has 0 aromatic heterocycles. The Bertz CT molecular complexity index is 14.9. The normalized spacial score (nSPS) is 6.43. The van der Waals surface area contributed by atoms with Crippen LogP contribution in [0.3, 0.4) is 0 Å². The average Bonchev–Trinajstić information content (AvgIpc) is 0.811. The maximum atomic E-state index is 4.95. The molecular formula is H9Cl3N3Ru. The second kappa shape index (κ2) is 15.7. The van der Waals surface area contributed by atoms with Crippen molar-refractivity contribution in [3.8, 4) is 0 Å². The van der Waals surface area contributed by atoms with Crippen LogP contribution in [0.15, 0.2) is 0 Å². The van der Waals surface area contributed by atoms with Crippen molar-refractivity contribution in [2.45, 2.75) is 0 Å². The van der Waals surface area contributed by atoms with Gasteiger partial charge in [0.1, 0.15) is 0 Å². The Morgan fingerprint density at radius 1 is 0.714 bits per heavy atom. The molecule has 0 aliphatic rings. The maximum absolute atomic E-state index is 4.95. The summed E-state index contributed by atoms with van der Waals surface area (Å²) in [7, 11) is 14.8. The van der Waals surface area contributed by atoms with Gasteiger partial charge >= 0.3 is 42.1 Å². The van der Waals surface area contributed by atoms with Crippen molar-refractivity contribution >= 4 is 29.1 Å². The fourth-order valence-electron chi connectivity index (χ4n) is 0. The van der Waals surface area contributed by atoms with E-state index in [4.69, 9.17) is 29.1 Å². The molecule has 0 aromatic rings. The zero-order chi connectivity index (χ0) is 3.58. The summed E-state index contributed by atoms with van der Waals surface area (Å²) in [6, 6.07) is 0. The van der Waals surface area contributed by atoms with Crippen molar-refractivity contribution in [3.05, 3.63) is 0 Å². The Kier molecular flexibility index (Phi) is 53.2. The van der Waals surface area contributed by atoms with E-state index in [0.29, 0.717) is 0 Å². The Morgan fingerprint density at radius 2 is 0.714 bits per heavy atom. The van der Waals surface area contributed by atoms with Crippen LogP contribution in [0.25, 0.3) is 0 Å². The molecule has 0 aliphatic carbocycles. The Labute approximate surface area is 60.5 Å². The van der Waals surface area contributed by atoms with Crippen molar-refractivity contribution < 1.29 is 13.0 Å². The molecule has 9 N–H and O–H groups in total. The SMILES string of the molecule is N.N.N.[Cl][Ru]([Cl])[Cl]. The van der Waals surface area contributed by atoms with Crippen molar-refractivity contribution in [1.82, 2.24) is 18.5 Å². The number of hydrogen-bond acceptors (Lipinski definition) is 3. The van der Waals surface area contributed by atoms with Crippen LogP contribution in [0.5, 0.6) is 0 Å². The van der Waals surface area contributed by atoms with Gasteiger partial charge in [-0.05, 0) is 0 Å². The predicted octanol–water partition coefficient (Wildman–Crippen LogP) is 2.55. The number of rotatable bonds is 0. The van der Waals surface area contributed by atoms with Crippen LogP contribution >= 0.6 is 29.1 Å². The van der Waals surface area contributed by atoms with E-state index in [1.807, 2.05) is 0 Å². The van der Waals surface area contributed by atoms with Crippen molar-refractivity contribution in [3.63, 3.8) is 0 Å². The van der Waals surface area contributed by atoms with Gasteiger partial charge < -0.3 is 18.5 Å². The minimum atomic E-state index is -1.75. The third-order valence-electron chi connectivity index (χ3n) is 0. The molecule has 0 fully saturated rings. The Hall–Kier alpha value is 1.37. The van der Waals surface area contributed by atoms with E-state index in [2.05, 4.69) is 0 Å². The summed E-state index contributed by atoms with van der Waals surface area (Å²) >= 11 is -1.75. The molecule has 7 heteroatoms. The molecule has 0 saturated carbocycles. The topological polar surface area (TPSA) is 105 Å². The quantitative estimate of drug-likeness (QED) is 0.581. The molecule has 3 nitrogen and oxygen atoms in total. The summed E-state index contributed by atoms with van der Waals surface area (Å²) in [6.07, 6.45) is 0. The first-order chi connectivity index (χ1) is 1.73. The summed E-state index contributed by atoms with van der Waals surface area (Å²) in [5, 5.41) is 0. The number of hydrogen-bond donors (Lipinski definition) is 3. The molecule has 0 atom stereocenters. The van der Waals surface area contributed by atoms with Gasteiger partial charge in [0.15, 0.2) is 0 Å². The molecule has 0 heterocycles. The second-order valence-electron chi connectivity index (χ2n) is 0.152. The van der Waals surface area contributed by atoms with E-state index in [-0.39, 0.29) is 18.5 Å². The standard InChI is InChI=1S/3ClH.3H3N.Ru/h3*1H;3*1H3;/q;;;;;;+3/p-3. The summed E-state index contributed by atoms with van der Waals surface area (Å²) < 4.78 is 0. The van der Waals surface area contributed by atoms with Gasteiger partial charge in [-0.2, -0.15) is 0 Å².